The van der Waals surface area contributed by atoms with Gasteiger partial charge >= 0.3 is 5.97 Å². The molecule has 1 fully saturated rings. The molecular weight excluding hydrogens is 266 g/mol. The summed E-state index contributed by atoms with van der Waals surface area (Å²) in [7, 11) is 0. The molecule has 0 aliphatic carbocycles. The number of likely N-dealkylation sites (tertiary alicyclic amines) is 1. The Morgan fingerprint density at radius 2 is 2.05 bits per heavy atom. The van der Waals surface area contributed by atoms with Crippen LogP contribution in [0.1, 0.15) is 43.4 Å². The molecule has 0 radical (unpaired) electrons. The molecule has 0 amide bonds. The van der Waals surface area contributed by atoms with Crippen molar-refractivity contribution in [3.63, 3.8) is 0 Å². The Balaban J connectivity index is 1.81. The molecule has 1 aliphatic rings. The average molecular weight is 291 g/mol. The molecule has 2 rings (SSSR count). The van der Waals surface area contributed by atoms with E-state index in [1.807, 2.05) is 0 Å². The minimum Gasteiger partial charge on any atom is -0.481 e. The third-order valence-electron chi connectivity index (χ3n) is 4.33. The number of hydrogen-bond acceptors (Lipinski definition) is 3. The maximum atomic E-state index is 10.5. The van der Waals surface area contributed by atoms with Gasteiger partial charge in [0.15, 0.2) is 0 Å². The van der Waals surface area contributed by atoms with Gasteiger partial charge in [0.1, 0.15) is 0 Å². The third kappa shape index (κ3) is 4.55. The quantitative estimate of drug-likeness (QED) is 0.875. The van der Waals surface area contributed by atoms with Crippen molar-refractivity contribution < 1.29 is 14.6 Å². The van der Waals surface area contributed by atoms with Crippen molar-refractivity contribution in [1.29, 1.82) is 0 Å². The molecule has 1 unspecified atom stereocenters. The summed E-state index contributed by atoms with van der Waals surface area (Å²) in [4.78, 5) is 13.0. The van der Waals surface area contributed by atoms with Crippen LogP contribution in [-0.4, -0.2) is 41.8 Å². The predicted molar refractivity (Wildman–Crippen MR) is 82.4 cm³/mol. The van der Waals surface area contributed by atoms with Gasteiger partial charge in [-0.2, -0.15) is 0 Å². The Bertz CT molecular complexity index is 467. The standard InChI is InChI=1S/C17H25NO3/c1-13-5-3-4-6-16(13)14(2)18-10-7-15(8-11-18)21-12-9-17(19)20/h3-6,14-15H,7-12H2,1-2H3,(H,19,20). The smallest absolute Gasteiger partial charge is 0.305 e. The number of piperidine rings is 1. The normalized spacial score (nSPS) is 18.6. The number of aryl methyl sites for hydroxylation is 1. The van der Waals surface area contributed by atoms with Crippen molar-refractivity contribution in [2.45, 2.75) is 45.3 Å². The molecule has 1 saturated heterocycles. The van der Waals surface area contributed by atoms with Gasteiger partial charge in [-0.3, -0.25) is 9.69 Å². The highest BCUT2D eigenvalue weighted by atomic mass is 16.5. The molecule has 0 bridgehead atoms. The summed E-state index contributed by atoms with van der Waals surface area (Å²) in [5.74, 6) is -0.791. The molecule has 0 aromatic heterocycles. The molecule has 1 aromatic carbocycles. The number of benzene rings is 1. The zero-order chi connectivity index (χ0) is 15.2. The molecule has 1 aliphatic heterocycles. The van der Waals surface area contributed by atoms with Crippen molar-refractivity contribution in [3.05, 3.63) is 35.4 Å². The number of ether oxygens (including phenoxy) is 1. The van der Waals surface area contributed by atoms with E-state index >= 15 is 0 Å². The Labute approximate surface area is 126 Å². The minimum atomic E-state index is -0.791. The molecule has 4 nitrogen and oxygen atoms in total. The van der Waals surface area contributed by atoms with Crippen LogP contribution in [0.5, 0.6) is 0 Å². The van der Waals surface area contributed by atoms with Crippen molar-refractivity contribution >= 4 is 5.97 Å². The Hall–Kier alpha value is -1.39. The fourth-order valence-corrected chi connectivity index (χ4v) is 2.99. The molecule has 1 atom stereocenters. The lowest BCUT2D eigenvalue weighted by Gasteiger charge is -2.36. The second-order valence-electron chi connectivity index (χ2n) is 5.78. The number of aliphatic carboxylic acids is 1. The number of nitrogens with zero attached hydrogens (tertiary/aromatic N) is 1. The van der Waals surface area contributed by atoms with Gasteiger partial charge < -0.3 is 9.84 Å². The number of rotatable bonds is 6. The van der Waals surface area contributed by atoms with Gasteiger partial charge in [-0.05, 0) is 37.8 Å². The molecule has 21 heavy (non-hydrogen) atoms. The summed E-state index contributed by atoms with van der Waals surface area (Å²) in [6, 6.07) is 8.96. The van der Waals surface area contributed by atoms with Crippen molar-refractivity contribution in [2.24, 2.45) is 0 Å². The average Bonchev–Trinajstić information content (AvgIpc) is 2.47. The predicted octanol–water partition coefficient (Wildman–Crippen LogP) is 3.01. The summed E-state index contributed by atoms with van der Waals surface area (Å²) in [5.41, 5.74) is 2.73. The van der Waals surface area contributed by atoms with Crippen LogP contribution in [0.4, 0.5) is 0 Å². The van der Waals surface area contributed by atoms with E-state index < -0.39 is 5.97 Å². The highest BCUT2D eigenvalue weighted by Crippen LogP contribution is 2.27. The first-order chi connectivity index (χ1) is 10.1. The van der Waals surface area contributed by atoms with Gasteiger partial charge in [0.2, 0.25) is 0 Å². The van der Waals surface area contributed by atoms with Crippen LogP contribution in [0.15, 0.2) is 24.3 Å². The Morgan fingerprint density at radius 3 is 2.67 bits per heavy atom. The SMILES string of the molecule is Cc1ccccc1C(C)N1CCC(OCCC(=O)O)CC1. The van der Waals surface area contributed by atoms with E-state index in [1.165, 1.54) is 11.1 Å². The summed E-state index contributed by atoms with van der Waals surface area (Å²) in [6.07, 6.45) is 2.27. The second kappa shape index (κ2) is 7.57. The maximum absolute atomic E-state index is 10.5. The van der Waals surface area contributed by atoms with Crippen LogP contribution in [-0.2, 0) is 9.53 Å². The molecule has 1 N–H and O–H groups in total. The van der Waals surface area contributed by atoms with Gasteiger partial charge in [-0.25, -0.2) is 0 Å². The van der Waals surface area contributed by atoms with Crippen LogP contribution < -0.4 is 0 Å². The van der Waals surface area contributed by atoms with Gasteiger partial charge in [0.25, 0.3) is 0 Å². The van der Waals surface area contributed by atoms with Crippen molar-refractivity contribution in [2.75, 3.05) is 19.7 Å². The Morgan fingerprint density at radius 1 is 1.38 bits per heavy atom. The van der Waals surface area contributed by atoms with Crippen LogP contribution >= 0.6 is 0 Å². The topological polar surface area (TPSA) is 49.8 Å². The van der Waals surface area contributed by atoms with Crippen LogP contribution in [0, 0.1) is 6.92 Å². The highest BCUT2D eigenvalue weighted by molar-refractivity contribution is 5.66. The summed E-state index contributed by atoms with van der Waals surface area (Å²) in [5, 5.41) is 8.62. The van der Waals surface area contributed by atoms with Crippen LogP contribution in [0.3, 0.4) is 0 Å². The number of hydrogen-bond donors (Lipinski definition) is 1. The minimum absolute atomic E-state index is 0.0971. The number of carboxylic acid groups (broad SMARTS) is 1. The Kier molecular flexibility index (Phi) is 5.76. The zero-order valence-corrected chi connectivity index (χ0v) is 12.9. The highest BCUT2D eigenvalue weighted by Gasteiger charge is 2.24. The van der Waals surface area contributed by atoms with E-state index in [-0.39, 0.29) is 12.5 Å². The van der Waals surface area contributed by atoms with E-state index in [1.54, 1.807) is 0 Å². The lowest BCUT2D eigenvalue weighted by Crippen LogP contribution is -2.38. The maximum Gasteiger partial charge on any atom is 0.305 e. The zero-order valence-electron chi connectivity index (χ0n) is 12.9. The van der Waals surface area contributed by atoms with E-state index in [9.17, 15) is 4.79 Å². The fraction of sp³-hybridized carbons (Fsp3) is 0.588. The molecular formula is C17H25NO3. The van der Waals surface area contributed by atoms with Crippen LogP contribution in [0.2, 0.25) is 0 Å². The van der Waals surface area contributed by atoms with Crippen LogP contribution in [0.25, 0.3) is 0 Å². The van der Waals surface area contributed by atoms with E-state index in [2.05, 4.69) is 43.0 Å². The first-order valence-corrected chi connectivity index (χ1v) is 7.71. The first-order valence-electron chi connectivity index (χ1n) is 7.71. The molecule has 0 spiro atoms. The largest absolute Gasteiger partial charge is 0.481 e. The van der Waals surface area contributed by atoms with E-state index in [4.69, 9.17) is 9.84 Å². The summed E-state index contributed by atoms with van der Waals surface area (Å²) in [6.45, 7) is 6.76. The van der Waals surface area contributed by atoms with Crippen molar-refractivity contribution in [1.82, 2.24) is 4.90 Å². The molecule has 1 aromatic rings. The monoisotopic (exact) mass is 291 g/mol. The van der Waals surface area contributed by atoms with Crippen molar-refractivity contribution in [3.8, 4) is 0 Å². The second-order valence-corrected chi connectivity index (χ2v) is 5.78. The third-order valence-corrected chi connectivity index (χ3v) is 4.33. The molecule has 1 heterocycles. The van der Waals surface area contributed by atoms with Gasteiger partial charge in [0, 0.05) is 19.1 Å². The molecule has 116 valence electrons. The van der Waals surface area contributed by atoms with E-state index in [0.29, 0.717) is 12.6 Å². The van der Waals surface area contributed by atoms with Gasteiger partial charge in [-0.1, -0.05) is 24.3 Å². The first kappa shape index (κ1) is 16.0. The van der Waals surface area contributed by atoms with Gasteiger partial charge in [0.05, 0.1) is 19.1 Å². The molecule has 0 saturated carbocycles. The van der Waals surface area contributed by atoms with Gasteiger partial charge in [-0.15, -0.1) is 0 Å². The number of carboxylic acids is 1. The molecule has 4 heteroatoms. The lowest BCUT2D eigenvalue weighted by molar-refractivity contribution is -0.138. The summed E-state index contributed by atoms with van der Waals surface area (Å²) < 4.78 is 5.64. The fourth-order valence-electron chi connectivity index (χ4n) is 2.99. The van der Waals surface area contributed by atoms with E-state index in [0.717, 1.165) is 25.9 Å². The lowest BCUT2D eigenvalue weighted by atomic mass is 9.98. The summed E-state index contributed by atoms with van der Waals surface area (Å²) >= 11 is 0. The number of carbonyl (C=O) groups is 1.